The van der Waals surface area contributed by atoms with Gasteiger partial charge in [0.1, 0.15) is 22.8 Å². The smallest absolute Gasteiger partial charge is 0.291 e. The first-order valence-electron chi connectivity index (χ1n) is 11.2. The van der Waals surface area contributed by atoms with E-state index in [0.717, 1.165) is 11.5 Å². The van der Waals surface area contributed by atoms with Crippen molar-refractivity contribution in [2.75, 3.05) is 44.8 Å². The third-order valence-electron chi connectivity index (χ3n) is 5.30. The minimum absolute atomic E-state index is 0.150. The Morgan fingerprint density at radius 1 is 1.00 bits per heavy atom. The second-order valence-electron chi connectivity index (χ2n) is 7.61. The summed E-state index contributed by atoms with van der Waals surface area (Å²) in [6, 6.07) is 14.7. The number of rotatable bonds is 9. The molecule has 2 aromatic carbocycles. The largest absolute Gasteiger partial charge is 0.494 e. The highest BCUT2D eigenvalue weighted by molar-refractivity contribution is 6.10. The lowest BCUT2D eigenvalue weighted by atomic mass is 10.2. The molecule has 1 N–H and O–H groups in total. The average Bonchev–Trinajstić information content (AvgIpc) is 3.21. The highest BCUT2D eigenvalue weighted by atomic mass is 16.5. The van der Waals surface area contributed by atoms with Gasteiger partial charge in [0.2, 0.25) is 11.7 Å². The Kier molecular flexibility index (Phi) is 7.47. The summed E-state index contributed by atoms with van der Waals surface area (Å²) in [5.41, 5.74) is 0.975. The van der Waals surface area contributed by atoms with Crippen LogP contribution in [0.15, 0.2) is 52.9 Å². The molecule has 0 spiro atoms. The van der Waals surface area contributed by atoms with Crippen LogP contribution in [0.1, 0.15) is 30.3 Å². The topological polar surface area (TPSA) is 90.2 Å². The zero-order chi connectivity index (χ0) is 23.0. The van der Waals surface area contributed by atoms with Crippen molar-refractivity contribution < 1.29 is 28.2 Å². The van der Waals surface area contributed by atoms with E-state index >= 15 is 0 Å². The molecule has 1 aliphatic rings. The van der Waals surface area contributed by atoms with Crippen LogP contribution >= 0.6 is 0 Å². The van der Waals surface area contributed by atoms with Crippen molar-refractivity contribution in [2.24, 2.45) is 0 Å². The molecule has 174 valence electrons. The number of anilines is 1. The van der Waals surface area contributed by atoms with Crippen LogP contribution in [0.4, 0.5) is 5.69 Å². The standard InChI is InChI=1S/C25H28N2O6/c1-2-31-18-9-11-19(12-10-18)32-15-5-8-22(28)26-23-20-6-3-4-7-21(20)33-24(23)25(29)27-13-16-30-17-14-27/h3-4,6-7,9-12H,2,5,8,13-17H2,1H3,(H,26,28). The van der Waals surface area contributed by atoms with E-state index in [0.29, 0.717) is 62.6 Å². The molecule has 2 heterocycles. The molecule has 0 saturated carbocycles. The highest BCUT2D eigenvalue weighted by Gasteiger charge is 2.27. The van der Waals surface area contributed by atoms with Crippen LogP contribution in [0.5, 0.6) is 11.5 Å². The lowest BCUT2D eigenvalue weighted by Crippen LogP contribution is -2.40. The van der Waals surface area contributed by atoms with E-state index in [-0.39, 0.29) is 24.0 Å². The molecule has 1 fully saturated rings. The minimum atomic E-state index is -0.247. The monoisotopic (exact) mass is 452 g/mol. The molecule has 1 aromatic heterocycles. The number of carbonyl (C=O) groups is 2. The van der Waals surface area contributed by atoms with Gasteiger partial charge in [-0.05, 0) is 49.7 Å². The Hall–Kier alpha value is -3.52. The van der Waals surface area contributed by atoms with E-state index in [1.54, 1.807) is 11.0 Å². The van der Waals surface area contributed by atoms with Crippen molar-refractivity contribution >= 4 is 28.5 Å². The molecular weight excluding hydrogens is 424 g/mol. The maximum absolute atomic E-state index is 13.1. The Labute approximate surface area is 192 Å². The molecule has 0 atom stereocenters. The summed E-state index contributed by atoms with van der Waals surface area (Å²) in [7, 11) is 0. The second kappa shape index (κ2) is 10.9. The first-order valence-corrected chi connectivity index (χ1v) is 11.2. The molecule has 1 saturated heterocycles. The number of morpholine rings is 1. The van der Waals surface area contributed by atoms with Gasteiger partial charge in [0.05, 0.1) is 26.4 Å². The van der Waals surface area contributed by atoms with Gasteiger partial charge in [0.15, 0.2) is 0 Å². The number of fused-ring (bicyclic) bond motifs is 1. The zero-order valence-corrected chi connectivity index (χ0v) is 18.7. The Bertz CT molecular complexity index is 1090. The number of ether oxygens (including phenoxy) is 3. The van der Waals surface area contributed by atoms with E-state index in [9.17, 15) is 9.59 Å². The van der Waals surface area contributed by atoms with Gasteiger partial charge in [-0.15, -0.1) is 0 Å². The molecule has 0 aliphatic carbocycles. The predicted molar refractivity (Wildman–Crippen MR) is 124 cm³/mol. The quantitative estimate of drug-likeness (QED) is 0.492. The number of para-hydroxylation sites is 1. The Morgan fingerprint density at radius 2 is 1.70 bits per heavy atom. The summed E-state index contributed by atoms with van der Waals surface area (Å²) in [5, 5.41) is 3.59. The molecule has 2 amide bonds. The number of hydrogen-bond acceptors (Lipinski definition) is 6. The molecule has 8 heteroatoms. The lowest BCUT2D eigenvalue weighted by molar-refractivity contribution is -0.116. The minimum Gasteiger partial charge on any atom is -0.494 e. The molecule has 3 aromatic rings. The van der Waals surface area contributed by atoms with Gasteiger partial charge >= 0.3 is 0 Å². The number of hydrogen-bond donors (Lipinski definition) is 1. The van der Waals surface area contributed by atoms with Crippen molar-refractivity contribution in [1.29, 1.82) is 0 Å². The van der Waals surface area contributed by atoms with Gasteiger partial charge < -0.3 is 28.8 Å². The predicted octanol–water partition coefficient (Wildman–Crippen LogP) is 4.10. The summed E-state index contributed by atoms with van der Waals surface area (Å²) >= 11 is 0. The lowest BCUT2D eigenvalue weighted by Gasteiger charge is -2.26. The molecule has 0 radical (unpaired) electrons. The van der Waals surface area contributed by atoms with Crippen LogP contribution in [0, 0.1) is 0 Å². The van der Waals surface area contributed by atoms with E-state index in [1.165, 1.54) is 0 Å². The molecule has 8 nitrogen and oxygen atoms in total. The average molecular weight is 453 g/mol. The van der Waals surface area contributed by atoms with Crippen LogP contribution in [0.2, 0.25) is 0 Å². The van der Waals surface area contributed by atoms with Gasteiger partial charge in [-0.1, -0.05) is 12.1 Å². The van der Waals surface area contributed by atoms with E-state index in [1.807, 2.05) is 49.4 Å². The number of nitrogens with zero attached hydrogens (tertiary/aromatic N) is 1. The van der Waals surface area contributed by atoms with E-state index in [4.69, 9.17) is 18.6 Å². The Balaban J connectivity index is 1.36. The molecule has 0 unspecified atom stereocenters. The van der Waals surface area contributed by atoms with Crippen molar-refractivity contribution in [2.45, 2.75) is 19.8 Å². The second-order valence-corrected chi connectivity index (χ2v) is 7.61. The van der Waals surface area contributed by atoms with Gasteiger partial charge in [-0.3, -0.25) is 9.59 Å². The van der Waals surface area contributed by atoms with Gasteiger partial charge in [-0.2, -0.15) is 0 Å². The van der Waals surface area contributed by atoms with Crippen LogP contribution < -0.4 is 14.8 Å². The summed E-state index contributed by atoms with van der Waals surface area (Å²) < 4.78 is 22.3. The number of carbonyl (C=O) groups excluding carboxylic acids is 2. The summed E-state index contributed by atoms with van der Waals surface area (Å²) in [4.78, 5) is 27.4. The van der Waals surface area contributed by atoms with Crippen molar-refractivity contribution in [1.82, 2.24) is 4.90 Å². The van der Waals surface area contributed by atoms with E-state index < -0.39 is 0 Å². The summed E-state index contributed by atoms with van der Waals surface area (Å²) in [5.74, 6) is 1.21. The van der Waals surface area contributed by atoms with Crippen LogP contribution in [0.3, 0.4) is 0 Å². The van der Waals surface area contributed by atoms with Crippen LogP contribution in [-0.4, -0.2) is 56.2 Å². The molecule has 33 heavy (non-hydrogen) atoms. The fraction of sp³-hybridized carbons (Fsp3) is 0.360. The molecule has 0 bridgehead atoms. The maximum Gasteiger partial charge on any atom is 0.291 e. The van der Waals surface area contributed by atoms with Crippen LogP contribution in [-0.2, 0) is 9.53 Å². The summed E-state index contributed by atoms with van der Waals surface area (Å²) in [6.07, 6.45) is 0.781. The van der Waals surface area contributed by atoms with Crippen molar-refractivity contribution in [3.8, 4) is 11.5 Å². The Morgan fingerprint density at radius 3 is 2.42 bits per heavy atom. The van der Waals surface area contributed by atoms with Crippen molar-refractivity contribution in [3.05, 3.63) is 54.3 Å². The number of furan rings is 1. The third-order valence-corrected chi connectivity index (χ3v) is 5.30. The number of benzene rings is 2. The fourth-order valence-electron chi connectivity index (χ4n) is 3.65. The molecular formula is C25H28N2O6. The normalized spacial score (nSPS) is 13.7. The van der Waals surface area contributed by atoms with Gasteiger partial charge in [0.25, 0.3) is 5.91 Å². The SMILES string of the molecule is CCOc1ccc(OCCCC(=O)Nc2c(C(=O)N3CCOCC3)oc3ccccc23)cc1. The van der Waals surface area contributed by atoms with Gasteiger partial charge in [0, 0.05) is 24.9 Å². The zero-order valence-electron chi connectivity index (χ0n) is 18.7. The maximum atomic E-state index is 13.1. The number of amides is 2. The van der Waals surface area contributed by atoms with Crippen LogP contribution in [0.25, 0.3) is 11.0 Å². The van der Waals surface area contributed by atoms with Crippen molar-refractivity contribution in [3.63, 3.8) is 0 Å². The first kappa shape index (κ1) is 22.7. The van der Waals surface area contributed by atoms with Gasteiger partial charge in [-0.25, -0.2) is 0 Å². The first-order chi connectivity index (χ1) is 16.2. The third kappa shape index (κ3) is 5.64. The fourth-order valence-corrected chi connectivity index (χ4v) is 3.65. The molecule has 1 aliphatic heterocycles. The number of nitrogens with one attached hydrogen (secondary N) is 1. The highest BCUT2D eigenvalue weighted by Crippen LogP contribution is 2.32. The van der Waals surface area contributed by atoms with E-state index in [2.05, 4.69) is 5.32 Å². The summed E-state index contributed by atoms with van der Waals surface area (Å²) in [6.45, 7) is 4.90. The molecule has 4 rings (SSSR count).